The van der Waals surface area contributed by atoms with Crippen LogP contribution >= 0.6 is 11.6 Å². The fourth-order valence-corrected chi connectivity index (χ4v) is 2.31. The molecule has 1 aromatic heterocycles. The molecular weight excluding hydrogens is 294 g/mol. The number of rotatable bonds is 6. The summed E-state index contributed by atoms with van der Waals surface area (Å²) >= 11 is 6.11. The Hall–Kier alpha value is -1.52. The molecule has 0 fully saturated rings. The smallest absolute Gasteiger partial charge is 0.141 e. The Morgan fingerprint density at radius 3 is 2.62 bits per heavy atom. The van der Waals surface area contributed by atoms with Gasteiger partial charge in [0, 0.05) is 5.02 Å². The van der Waals surface area contributed by atoms with Crippen molar-refractivity contribution in [1.82, 2.24) is 10.3 Å². The number of pyridine rings is 1. The van der Waals surface area contributed by atoms with Crippen LogP contribution in [0.1, 0.15) is 30.6 Å². The summed E-state index contributed by atoms with van der Waals surface area (Å²) in [5, 5.41) is 3.85. The topological polar surface area (TPSA) is 24.9 Å². The molecule has 1 unspecified atom stereocenters. The standard InChI is InChI=1S/C16H17ClF2N2/c1-2-7-20-16(15-6-4-13(19)10-21-15)9-11-8-12(18)3-5-14(11)17/h3-6,8,10,16,20H,2,7,9H2,1H3. The monoisotopic (exact) mass is 310 g/mol. The van der Waals surface area contributed by atoms with Crippen molar-refractivity contribution in [3.63, 3.8) is 0 Å². The van der Waals surface area contributed by atoms with Crippen LogP contribution in [-0.4, -0.2) is 11.5 Å². The number of benzene rings is 1. The molecule has 0 aliphatic rings. The minimum absolute atomic E-state index is 0.134. The van der Waals surface area contributed by atoms with Gasteiger partial charge in [-0.1, -0.05) is 18.5 Å². The molecule has 0 amide bonds. The molecule has 1 heterocycles. The first-order valence-electron chi connectivity index (χ1n) is 6.89. The molecule has 1 atom stereocenters. The van der Waals surface area contributed by atoms with Crippen LogP contribution in [0.2, 0.25) is 5.02 Å². The molecule has 0 saturated carbocycles. The van der Waals surface area contributed by atoms with E-state index in [0.29, 0.717) is 22.7 Å². The van der Waals surface area contributed by atoms with E-state index >= 15 is 0 Å². The van der Waals surface area contributed by atoms with Crippen molar-refractivity contribution in [3.8, 4) is 0 Å². The first-order chi connectivity index (χ1) is 10.1. The minimum atomic E-state index is -0.378. The van der Waals surface area contributed by atoms with E-state index in [4.69, 9.17) is 11.6 Å². The Morgan fingerprint density at radius 2 is 1.95 bits per heavy atom. The summed E-state index contributed by atoms with van der Waals surface area (Å²) in [5.41, 5.74) is 1.42. The summed E-state index contributed by atoms with van der Waals surface area (Å²) in [6.45, 7) is 2.84. The van der Waals surface area contributed by atoms with Gasteiger partial charge in [0.05, 0.1) is 17.9 Å². The number of halogens is 3. The van der Waals surface area contributed by atoms with Crippen LogP contribution in [0.4, 0.5) is 8.78 Å². The highest BCUT2D eigenvalue weighted by atomic mass is 35.5. The van der Waals surface area contributed by atoms with Crippen molar-refractivity contribution in [2.24, 2.45) is 0 Å². The van der Waals surface area contributed by atoms with Gasteiger partial charge in [-0.15, -0.1) is 0 Å². The second-order valence-corrected chi connectivity index (χ2v) is 5.26. The van der Waals surface area contributed by atoms with Gasteiger partial charge in [-0.05, 0) is 55.3 Å². The van der Waals surface area contributed by atoms with Gasteiger partial charge in [0.25, 0.3) is 0 Å². The summed E-state index contributed by atoms with van der Waals surface area (Å²) in [5.74, 6) is -0.701. The number of hydrogen-bond donors (Lipinski definition) is 1. The van der Waals surface area contributed by atoms with Gasteiger partial charge in [-0.3, -0.25) is 4.98 Å². The molecule has 2 aromatic rings. The Bertz CT molecular complexity index is 587. The van der Waals surface area contributed by atoms with Crippen molar-refractivity contribution in [2.75, 3.05) is 6.54 Å². The molecule has 5 heteroatoms. The third kappa shape index (κ3) is 4.48. The van der Waals surface area contributed by atoms with Crippen molar-refractivity contribution in [3.05, 3.63) is 64.4 Å². The summed E-state index contributed by atoms with van der Waals surface area (Å²) in [6, 6.07) is 7.17. The van der Waals surface area contributed by atoms with Crippen molar-refractivity contribution < 1.29 is 8.78 Å². The Balaban J connectivity index is 2.23. The molecule has 0 spiro atoms. The molecular formula is C16H17ClF2N2. The van der Waals surface area contributed by atoms with Crippen LogP contribution in [-0.2, 0) is 6.42 Å². The second kappa shape index (κ2) is 7.48. The van der Waals surface area contributed by atoms with E-state index in [0.717, 1.165) is 13.0 Å². The quantitative estimate of drug-likeness (QED) is 0.860. The highest BCUT2D eigenvalue weighted by molar-refractivity contribution is 6.31. The molecule has 0 aliphatic carbocycles. The lowest BCUT2D eigenvalue weighted by atomic mass is 10.0. The fourth-order valence-electron chi connectivity index (χ4n) is 2.11. The van der Waals surface area contributed by atoms with Crippen LogP contribution in [0, 0.1) is 11.6 Å². The maximum atomic E-state index is 13.4. The molecule has 0 aliphatic heterocycles. The maximum Gasteiger partial charge on any atom is 0.141 e. The number of hydrogen-bond acceptors (Lipinski definition) is 2. The third-order valence-electron chi connectivity index (χ3n) is 3.18. The average Bonchev–Trinajstić information content (AvgIpc) is 2.48. The Labute approximate surface area is 128 Å². The normalized spacial score (nSPS) is 12.4. The van der Waals surface area contributed by atoms with E-state index in [1.807, 2.05) is 0 Å². The van der Waals surface area contributed by atoms with E-state index in [2.05, 4.69) is 17.2 Å². The summed E-state index contributed by atoms with van der Waals surface area (Å²) < 4.78 is 26.4. The zero-order valence-electron chi connectivity index (χ0n) is 11.7. The average molecular weight is 311 g/mol. The SMILES string of the molecule is CCCNC(Cc1cc(F)ccc1Cl)c1ccc(F)cn1. The molecule has 1 aromatic carbocycles. The first-order valence-corrected chi connectivity index (χ1v) is 7.26. The molecule has 0 radical (unpaired) electrons. The molecule has 112 valence electrons. The van der Waals surface area contributed by atoms with Crippen molar-refractivity contribution >= 4 is 11.6 Å². The minimum Gasteiger partial charge on any atom is -0.308 e. The van der Waals surface area contributed by atoms with E-state index in [1.165, 1.54) is 24.4 Å². The number of nitrogens with one attached hydrogen (secondary N) is 1. The van der Waals surface area contributed by atoms with Gasteiger partial charge in [-0.2, -0.15) is 0 Å². The zero-order valence-corrected chi connectivity index (χ0v) is 12.5. The van der Waals surface area contributed by atoms with Crippen LogP contribution in [0.15, 0.2) is 36.5 Å². The maximum absolute atomic E-state index is 13.4. The first kappa shape index (κ1) is 15.9. The zero-order chi connectivity index (χ0) is 15.2. The summed E-state index contributed by atoms with van der Waals surface area (Å²) in [6.07, 6.45) is 2.63. The lowest BCUT2D eigenvalue weighted by Crippen LogP contribution is -2.25. The van der Waals surface area contributed by atoms with Gasteiger partial charge in [0.2, 0.25) is 0 Å². The molecule has 2 nitrogen and oxygen atoms in total. The molecule has 1 N–H and O–H groups in total. The van der Waals surface area contributed by atoms with Crippen molar-refractivity contribution in [2.45, 2.75) is 25.8 Å². The number of nitrogens with zero attached hydrogens (tertiary/aromatic N) is 1. The Kier molecular flexibility index (Phi) is 5.65. The van der Waals surface area contributed by atoms with Gasteiger partial charge in [0.1, 0.15) is 11.6 Å². The Morgan fingerprint density at radius 1 is 1.19 bits per heavy atom. The van der Waals surface area contributed by atoms with E-state index in [1.54, 1.807) is 12.1 Å². The highest BCUT2D eigenvalue weighted by Gasteiger charge is 2.15. The summed E-state index contributed by atoms with van der Waals surface area (Å²) in [4.78, 5) is 4.11. The predicted molar refractivity (Wildman–Crippen MR) is 80.3 cm³/mol. The molecule has 2 rings (SSSR count). The van der Waals surface area contributed by atoms with E-state index < -0.39 is 0 Å². The van der Waals surface area contributed by atoms with Gasteiger partial charge < -0.3 is 5.32 Å². The third-order valence-corrected chi connectivity index (χ3v) is 3.55. The van der Waals surface area contributed by atoms with Gasteiger partial charge in [-0.25, -0.2) is 8.78 Å². The second-order valence-electron chi connectivity index (χ2n) is 4.85. The largest absolute Gasteiger partial charge is 0.308 e. The van der Waals surface area contributed by atoms with Crippen molar-refractivity contribution in [1.29, 1.82) is 0 Å². The predicted octanol–water partition coefficient (Wildman–Crippen LogP) is 4.30. The molecule has 21 heavy (non-hydrogen) atoms. The van der Waals surface area contributed by atoms with Gasteiger partial charge >= 0.3 is 0 Å². The molecule has 0 saturated heterocycles. The highest BCUT2D eigenvalue weighted by Crippen LogP contribution is 2.23. The van der Waals surface area contributed by atoms with Crippen LogP contribution in [0.25, 0.3) is 0 Å². The summed E-state index contributed by atoms with van der Waals surface area (Å²) in [7, 11) is 0. The van der Waals surface area contributed by atoms with Crippen LogP contribution < -0.4 is 5.32 Å². The number of aromatic nitrogens is 1. The molecule has 0 bridgehead atoms. The van der Waals surface area contributed by atoms with Gasteiger partial charge in [0.15, 0.2) is 0 Å². The van der Waals surface area contributed by atoms with E-state index in [9.17, 15) is 8.78 Å². The lowest BCUT2D eigenvalue weighted by molar-refractivity contribution is 0.512. The lowest BCUT2D eigenvalue weighted by Gasteiger charge is -2.19. The van der Waals surface area contributed by atoms with E-state index in [-0.39, 0.29) is 17.7 Å². The van der Waals surface area contributed by atoms with Crippen LogP contribution in [0.5, 0.6) is 0 Å². The van der Waals surface area contributed by atoms with Crippen LogP contribution in [0.3, 0.4) is 0 Å². The fraction of sp³-hybridized carbons (Fsp3) is 0.312.